The molecule has 1 saturated heterocycles. The first kappa shape index (κ1) is 15.2. The number of benzene rings is 1. The third-order valence-corrected chi connectivity index (χ3v) is 4.94. The Kier molecular flexibility index (Phi) is 3.99. The van der Waals surface area contributed by atoms with E-state index in [1.807, 2.05) is 37.3 Å². The lowest BCUT2D eigenvalue weighted by molar-refractivity contribution is 0.194. The molecule has 4 rings (SSSR count). The zero-order chi connectivity index (χ0) is 16.5. The van der Waals surface area contributed by atoms with Gasteiger partial charge in [-0.15, -0.1) is 0 Å². The molecule has 2 N–H and O–H groups in total. The number of H-pyrrole nitrogens is 1. The molecule has 0 bridgehead atoms. The van der Waals surface area contributed by atoms with Gasteiger partial charge in [0.2, 0.25) is 5.13 Å². The number of nitrogens with zero attached hydrogens (tertiary/aromatic N) is 5. The lowest BCUT2D eigenvalue weighted by Crippen LogP contribution is -2.24. The van der Waals surface area contributed by atoms with E-state index in [2.05, 4.69) is 29.4 Å². The fourth-order valence-corrected chi connectivity index (χ4v) is 3.74. The molecular weight excluding hydrogens is 324 g/mol. The SMILES string of the molecule is CCc1nsc(N2C[C@H](O)C[C@H]2c2nc(-c3ccccc3)n[nH]2)n1. The van der Waals surface area contributed by atoms with Gasteiger partial charge in [0.25, 0.3) is 0 Å². The summed E-state index contributed by atoms with van der Waals surface area (Å²) in [6.45, 7) is 2.56. The van der Waals surface area contributed by atoms with E-state index in [4.69, 9.17) is 0 Å². The van der Waals surface area contributed by atoms with E-state index in [0.29, 0.717) is 18.8 Å². The first-order valence-corrected chi connectivity index (χ1v) is 8.77. The van der Waals surface area contributed by atoms with Crippen LogP contribution in [0, 0.1) is 0 Å². The summed E-state index contributed by atoms with van der Waals surface area (Å²) < 4.78 is 4.35. The molecule has 1 aliphatic heterocycles. The standard InChI is InChI=1S/C16H18N6OS/c1-2-13-17-16(24-21-13)22-9-11(23)8-12(22)15-18-14(19-20-15)10-6-4-3-5-7-10/h3-7,11-12,23H,2,8-9H2,1H3,(H,18,19,20)/t11-,12+/m1/s1. The molecule has 2 atom stereocenters. The van der Waals surface area contributed by atoms with Gasteiger partial charge in [-0.1, -0.05) is 37.3 Å². The average Bonchev–Trinajstić information content (AvgIpc) is 3.34. The second-order valence-corrected chi connectivity index (χ2v) is 6.54. The number of aryl methyl sites for hydroxylation is 1. The third kappa shape index (κ3) is 2.78. The summed E-state index contributed by atoms with van der Waals surface area (Å²) in [4.78, 5) is 11.2. The van der Waals surface area contributed by atoms with Crippen LogP contribution in [0.1, 0.15) is 31.0 Å². The highest BCUT2D eigenvalue weighted by Gasteiger charge is 2.36. The van der Waals surface area contributed by atoms with Crippen LogP contribution in [0.3, 0.4) is 0 Å². The average molecular weight is 342 g/mol. The first-order valence-electron chi connectivity index (χ1n) is 7.99. The zero-order valence-electron chi connectivity index (χ0n) is 13.3. The lowest BCUT2D eigenvalue weighted by Gasteiger charge is -2.20. The van der Waals surface area contributed by atoms with Gasteiger partial charge in [0.05, 0.1) is 12.1 Å². The van der Waals surface area contributed by atoms with Crippen LogP contribution >= 0.6 is 11.5 Å². The van der Waals surface area contributed by atoms with Crippen LogP contribution < -0.4 is 4.90 Å². The van der Waals surface area contributed by atoms with Crippen molar-refractivity contribution >= 4 is 16.7 Å². The Hall–Kier alpha value is -2.32. The number of nitrogens with one attached hydrogen (secondary N) is 1. The number of aromatic amines is 1. The first-order chi connectivity index (χ1) is 11.7. The summed E-state index contributed by atoms with van der Waals surface area (Å²) in [7, 11) is 0. The molecule has 1 aromatic carbocycles. The molecular formula is C16H18N6OS. The van der Waals surface area contributed by atoms with E-state index in [1.54, 1.807) is 0 Å². The van der Waals surface area contributed by atoms with Crippen molar-refractivity contribution in [1.82, 2.24) is 24.5 Å². The maximum Gasteiger partial charge on any atom is 0.205 e. The van der Waals surface area contributed by atoms with Gasteiger partial charge >= 0.3 is 0 Å². The predicted molar refractivity (Wildman–Crippen MR) is 91.8 cm³/mol. The number of aliphatic hydroxyl groups is 1. The molecule has 1 aliphatic rings. The van der Waals surface area contributed by atoms with Crippen molar-refractivity contribution in [3.05, 3.63) is 42.0 Å². The number of aliphatic hydroxyl groups excluding tert-OH is 1. The van der Waals surface area contributed by atoms with E-state index in [1.165, 1.54) is 11.5 Å². The molecule has 0 saturated carbocycles. The maximum absolute atomic E-state index is 10.1. The number of hydrogen-bond acceptors (Lipinski definition) is 7. The molecule has 0 unspecified atom stereocenters. The van der Waals surface area contributed by atoms with E-state index >= 15 is 0 Å². The molecule has 8 heteroatoms. The Morgan fingerprint density at radius 2 is 2.12 bits per heavy atom. The van der Waals surface area contributed by atoms with Crippen molar-refractivity contribution in [1.29, 1.82) is 0 Å². The normalized spacial score (nSPS) is 20.7. The van der Waals surface area contributed by atoms with Crippen molar-refractivity contribution in [3.63, 3.8) is 0 Å². The summed E-state index contributed by atoms with van der Waals surface area (Å²) in [6.07, 6.45) is 0.997. The van der Waals surface area contributed by atoms with Gasteiger partial charge in [0.1, 0.15) is 11.6 Å². The van der Waals surface area contributed by atoms with E-state index in [-0.39, 0.29) is 6.04 Å². The van der Waals surface area contributed by atoms with Crippen molar-refractivity contribution in [3.8, 4) is 11.4 Å². The number of aromatic nitrogens is 5. The van der Waals surface area contributed by atoms with Crippen LogP contribution in [-0.2, 0) is 6.42 Å². The van der Waals surface area contributed by atoms with Crippen LogP contribution in [0.4, 0.5) is 5.13 Å². The zero-order valence-corrected chi connectivity index (χ0v) is 14.1. The van der Waals surface area contributed by atoms with E-state index < -0.39 is 6.10 Å². The Bertz CT molecular complexity index is 817. The molecule has 0 spiro atoms. The van der Waals surface area contributed by atoms with Gasteiger partial charge in [-0.25, -0.2) is 9.97 Å². The molecule has 3 heterocycles. The maximum atomic E-state index is 10.1. The molecule has 1 fully saturated rings. The highest BCUT2D eigenvalue weighted by molar-refractivity contribution is 7.09. The lowest BCUT2D eigenvalue weighted by atomic mass is 10.2. The molecule has 124 valence electrons. The fraction of sp³-hybridized carbons (Fsp3) is 0.375. The smallest absolute Gasteiger partial charge is 0.205 e. The van der Waals surface area contributed by atoms with Gasteiger partial charge in [0, 0.05) is 36.5 Å². The molecule has 3 aromatic rings. The Balaban J connectivity index is 1.63. The minimum Gasteiger partial charge on any atom is -0.391 e. The Morgan fingerprint density at radius 3 is 2.88 bits per heavy atom. The summed E-state index contributed by atoms with van der Waals surface area (Å²) in [5.74, 6) is 2.25. The highest BCUT2D eigenvalue weighted by Crippen LogP contribution is 2.36. The third-order valence-electron chi connectivity index (χ3n) is 4.15. The Labute approximate surface area is 143 Å². The second-order valence-electron chi connectivity index (χ2n) is 5.81. The molecule has 24 heavy (non-hydrogen) atoms. The summed E-state index contributed by atoms with van der Waals surface area (Å²) in [5.41, 5.74) is 0.967. The Morgan fingerprint density at radius 1 is 1.29 bits per heavy atom. The molecule has 0 radical (unpaired) electrons. The number of β-amino-alcohol motifs (C(OH)–C–C–N with tert-alkyl or cyclic N) is 1. The minimum absolute atomic E-state index is 0.0670. The topological polar surface area (TPSA) is 90.8 Å². The highest BCUT2D eigenvalue weighted by atomic mass is 32.1. The largest absolute Gasteiger partial charge is 0.391 e. The van der Waals surface area contributed by atoms with Gasteiger partial charge < -0.3 is 10.0 Å². The molecule has 7 nitrogen and oxygen atoms in total. The van der Waals surface area contributed by atoms with Gasteiger partial charge in [-0.05, 0) is 0 Å². The van der Waals surface area contributed by atoms with Gasteiger partial charge in [-0.2, -0.15) is 9.47 Å². The van der Waals surface area contributed by atoms with Crippen LogP contribution in [0.5, 0.6) is 0 Å². The van der Waals surface area contributed by atoms with Crippen LogP contribution in [0.25, 0.3) is 11.4 Å². The summed E-state index contributed by atoms with van der Waals surface area (Å²) in [6, 6.07) is 9.78. The van der Waals surface area contributed by atoms with Crippen molar-refractivity contribution in [2.24, 2.45) is 0 Å². The predicted octanol–water partition coefficient (Wildman–Crippen LogP) is 2.20. The minimum atomic E-state index is -0.408. The van der Waals surface area contributed by atoms with Crippen molar-refractivity contribution in [2.75, 3.05) is 11.4 Å². The molecule has 0 aliphatic carbocycles. The summed E-state index contributed by atoms with van der Waals surface area (Å²) >= 11 is 1.37. The van der Waals surface area contributed by atoms with Crippen LogP contribution in [0.15, 0.2) is 30.3 Å². The van der Waals surface area contributed by atoms with Crippen molar-refractivity contribution in [2.45, 2.75) is 31.9 Å². The second kappa shape index (κ2) is 6.29. The van der Waals surface area contributed by atoms with Crippen molar-refractivity contribution < 1.29 is 5.11 Å². The summed E-state index contributed by atoms with van der Waals surface area (Å²) in [5, 5.41) is 18.3. The van der Waals surface area contributed by atoms with E-state index in [0.717, 1.165) is 28.8 Å². The molecule has 0 amide bonds. The number of anilines is 1. The van der Waals surface area contributed by atoms with Crippen LogP contribution in [0.2, 0.25) is 0 Å². The fourth-order valence-electron chi connectivity index (χ4n) is 2.93. The molecule has 2 aromatic heterocycles. The monoisotopic (exact) mass is 342 g/mol. The van der Waals surface area contributed by atoms with Gasteiger partial charge in [-0.3, -0.25) is 5.10 Å². The number of hydrogen-bond donors (Lipinski definition) is 2. The van der Waals surface area contributed by atoms with E-state index in [9.17, 15) is 5.11 Å². The van der Waals surface area contributed by atoms with Crippen LogP contribution in [-0.4, -0.2) is 42.3 Å². The quantitative estimate of drug-likeness (QED) is 0.755. The number of rotatable bonds is 4. The van der Waals surface area contributed by atoms with Gasteiger partial charge in [0.15, 0.2) is 5.82 Å².